The van der Waals surface area contributed by atoms with E-state index in [1.807, 2.05) is 55.5 Å². The molecule has 1 aromatic heterocycles. The second-order valence-corrected chi connectivity index (χ2v) is 5.42. The van der Waals surface area contributed by atoms with E-state index in [4.69, 9.17) is 4.74 Å². The van der Waals surface area contributed by atoms with Crippen LogP contribution in [-0.2, 0) is 6.61 Å². The van der Waals surface area contributed by atoms with Gasteiger partial charge >= 0.3 is 5.97 Å². The van der Waals surface area contributed by atoms with Crippen LogP contribution in [0.4, 0.5) is 0 Å². The highest BCUT2D eigenvalue weighted by Gasteiger charge is 2.11. The zero-order chi connectivity index (χ0) is 16.9. The van der Waals surface area contributed by atoms with Gasteiger partial charge < -0.3 is 9.84 Å². The van der Waals surface area contributed by atoms with Crippen LogP contribution in [0.5, 0.6) is 5.75 Å². The number of carboxylic acids is 1. The van der Waals surface area contributed by atoms with E-state index in [9.17, 15) is 9.90 Å². The van der Waals surface area contributed by atoms with Crippen molar-refractivity contribution in [3.63, 3.8) is 0 Å². The number of carbonyl (C=O) groups is 1. The second kappa shape index (κ2) is 6.96. The van der Waals surface area contributed by atoms with Crippen molar-refractivity contribution < 1.29 is 14.6 Å². The monoisotopic (exact) mass is 319 g/mol. The Bertz CT molecular complexity index is 843. The zero-order valence-electron chi connectivity index (χ0n) is 13.3. The van der Waals surface area contributed by atoms with Gasteiger partial charge in [-0.25, -0.2) is 4.79 Å². The van der Waals surface area contributed by atoms with Crippen LogP contribution in [0.3, 0.4) is 0 Å². The van der Waals surface area contributed by atoms with Gasteiger partial charge in [0.15, 0.2) is 0 Å². The third-order valence-electron chi connectivity index (χ3n) is 3.84. The van der Waals surface area contributed by atoms with E-state index in [1.54, 1.807) is 18.3 Å². The molecule has 0 aliphatic carbocycles. The van der Waals surface area contributed by atoms with Gasteiger partial charge in [-0.3, -0.25) is 4.98 Å². The van der Waals surface area contributed by atoms with Crippen molar-refractivity contribution in [1.29, 1.82) is 0 Å². The molecule has 0 bridgehead atoms. The molecule has 0 spiro atoms. The second-order valence-electron chi connectivity index (χ2n) is 5.42. The maximum absolute atomic E-state index is 11.3. The predicted molar refractivity (Wildman–Crippen MR) is 92.1 cm³/mol. The van der Waals surface area contributed by atoms with Gasteiger partial charge in [0.1, 0.15) is 12.4 Å². The minimum atomic E-state index is -0.912. The summed E-state index contributed by atoms with van der Waals surface area (Å²) in [6, 6.07) is 18.6. The van der Waals surface area contributed by atoms with Crippen molar-refractivity contribution in [1.82, 2.24) is 4.98 Å². The van der Waals surface area contributed by atoms with Gasteiger partial charge in [-0.15, -0.1) is 0 Å². The lowest BCUT2D eigenvalue weighted by molar-refractivity contribution is 0.0696. The summed E-state index contributed by atoms with van der Waals surface area (Å²) in [6.45, 7) is 2.23. The van der Waals surface area contributed by atoms with Gasteiger partial charge in [0.05, 0.1) is 11.3 Å². The first-order chi connectivity index (χ1) is 11.6. The first-order valence-electron chi connectivity index (χ1n) is 7.61. The van der Waals surface area contributed by atoms with Crippen molar-refractivity contribution in [2.24, 2.45) is 0 Å². The van der Waals surface area contributed by atoms with Crippen molar-refractivity contribution in [3.8, 4) is 16.9 Å². The number of aromatic nitrogens is 1. The highest BCUT2D eigenvalue weighted by Crippen LogP contribution is 2.27. The van der Waals surface area contributed by atoms with Gasteiger partial charge in [0.25, 0.3) is 0 Å². The number of pyridine rings is 1. The van der Waals surface area contributed by atoms with Crippen LogP contribution in [0.15, 0.2) is 66.9 Å². The van der Waals surface area contributed by atoms with E-state index in [1.165, 1.54) is 0 Å². The van der Waals surface area contributed by atoms with Crippen LogP contribution >= 0.6 is 0 Å². The summed E-state index contributed by atoms with van der Waals surface area (Å²) in [5, 5.41) is 9.23. The highest BCUT2D eigenvalue weighted by molar-refractivity contribution is 5.92. The van der Waals surface area contributed by atoms with Crippen LogP contribution < -0.4 is 4.74 Å². The summed E-state index contributed by atoms with van der Waals surface area (Å²) in [5.74, 6) is -0.166. The number of hydrogen-bond donors (Lipinski definition) is 1. The van der Waals surface area contributed by atoms with Crippen LogP contribution in [0.25, 0.3) is 11.1 Å². The maximum atomic E-state index is 11.3. The van der Waals surface area contributed by atoms with Gasteiger partial charge in [0, 0.05) is 6.20 Å². The lowest BCUT2D eigenvalue weighted by Crippen LogP contribution is -2.00. The lowest BCUT2D eigenvalue weighted by atomic mass is 9.96. The van der Waals surface area contributed by atoms with Crippen molar-refractivity contribution >= 4 is 5.97 Å². The number of rotatable bonds is 5. The Hall–Kier alpha value is -3.14. The van der Waals surface area contributed by atoms with E-state index in [-0.39, 0.29) is 0 Å². The summed E-state index contributed by atoms with van der Waals surface area (Å²) in [4.78, 5) is 15.5. The van der Waals surface area contributed by atoms with E-state index < -0.39 is 5.97 Å². The van der Waals surface area contributed by atoms with Gasteiger partial charge in [-0.1, -0.05) is 30.3 Å². The fourth-order valence-corrected chi connectivity index (χ4v) is 2.55. The average molecular weight is 319 g/mol. The molecule has 1 heterocycles. The molecule has 0 unspecified atom stereocenters. The third-order valence-corrected chi connectivity index (χ3v) is 3.84. The molecule has 3 rings (SSSR count). The molecule has 24 heavy (non-hydrogen) atoms. The average Bonchev–Trinajstić information content (AvgIpc) is 2.61. The van der Waals surface area contributed by atoms with E-state index in [0.29, 0.717) is 12.2 Å². The molecular weight excluding hydrogens is 302 g/mol. The van der Waals surface area contributed by atoms with Crippen molar-refractivity contribution in [3.05, 3.63) is 83.7 Å². The third kappa shape index (κ3) is 3.43. The van der Waals surface area contributed by atoms with Crippen molar-refractivity contribution in [2.75, 3.05) is 0 Å². The number of carboxylic acid groups (broad SMARTS) is 1. The highest BCUT2D eigenvalue weighted by atomic mass is 16.5. The molecule has 0 aliphatic heterocycles. The molecule has 0 saturated heterocycles. The number of hydrogen-bond acceptors (Lipinski definition) is 3. The number of aromatic carboxylic acids is 1. The first kappa shape index (κ1) is 15.7. The largest absolute Gasteiger partial charge is 0.487 e. The molecule has 0 aliphatic rings. The molecule has 3 aromatic rings. The minimum Gasteiger partial charge on any atom is -0.487 e. The Kier molecular flexibility index (Phi) is 4.57. The molecule has 0 saturated carbocycles. The van der Waals surface area contributed by atoms with E-state index in [0.717, 1.165) is 28.1 Å². The molecule has 4 nitrogen and oxygen atoms in total. The molecule has 0 fully saturated rings. The summed E-state index contributed by atoms with van der Waals surface area (Å²) in [6.07, 6.45) is 1.74. The Balaban J connectivity index is 1.78. The summed E-state index contributed by atoms with van der Waals surface area (Å²) in [5.41, 5.74) is 3.81. The van der Waals surface area contributed by atoms with Gasteiger partial charge in [-0.05, 0) is 53.9 Å². The molecule has 0 atom stereocenters. The summed E-state index contributed by atoms with van der Waals surface area (Å²) >= 11 is 0. The fraction of sp³-hybridized carbons (Fsp3) is 0.100. The maximum Gasteiger partial charge on any atom is 0.335 e. The molecule has 0 radical (unpaired) electrons. The Morgan fingerprint density at radius 2 is 1.83 bits per heavy atom. The fourth-order valence-electron chi connectivity index (χ4n) is 2.55. The van der Waals surface area contributed by atoms with E-state index in [2.05, 4.69) is 4.98 Å². The van der Waals surface area contributed by atoms with Crippen LogP contribution in [-0.4, -0.2) is 16.1 Å². The molecule has 2 aromatic carbocycles. The van der Waals surface area contributed by atoms with Crippen LogP contribution in [0.2, 0.25) is 0 Å². The zero-order valence-corrected chi connectivity index (χ0v) is 13.3. The first-order valence-corrected chi connectivity index (χ1v) is 7.61. The Morgan fingerprint density at radius 3 is 2.50 bits per heavy atom. The number of nitrogens with zero attached hydrogens (tertiary/aromatic N) is 1. The molecule has 0 amide bonds. The van der Waals surface area contributed by atoms with Crippen LogP contribution in [0.1, 0.15) is 21.6 Å². The minimum absolute atomic E-state index is 0.322. The Labute approximate surface area is 140 Å². The molecule has 4 heteroatoms. The van der Waals surface area contributed by atoms with Crippen LogP contribution in [0, 0.1) is 6.92 Å². The smallest absolute Gasteiger partial charge is 0.335 e. The Morgan fingerprint density at radius 1 is 1.04 bits per heavy atom. The number of ether oxygens (including phenoxy) is 1. The molecule has 1 N–H and O–H groups in total. The normalized spacial score (nSPS) is 10.4. The SMILES string of the molecule is Cc1c(C(=O)O)cccc1-c1ccc(OCc2ccccn2)cc1. The summed E-state index contributed by atoms with van der Waals surface area (Å²) in [7, 11) is 0. The molecular formula is C20H17NO3. The van der Waals surface area contributed by atoms with Crippen molar-refractivity contribution in [2.45, 2.75) is 13.5 Å². The number of benzene rings is 2. The topological polar surface area (TPSA) is 59.4 Å². The summed E-state index contributed by atoms with van der Waals surface area (Å²) < 4.78 is 5.72. The standard InChI is InChI=1S/C20H17NO3/c1-14-18(6-4-7-19(14)20(22)23)15-8-10-17(11-9-15)24-13-16-5-2-3-12-21-16/h2-12H,13H2,1H3,(H,22,23). The molecule has 120 valence electrons. The predicted octanol–water partition coefficient (Wildman–Crippen LogP) is 4.33. The lowest BCUT2D eigenvalue weighted by Gasteiger charge is -2.10. The quantitative estimate of drug-likeness (QED) is 0.760. The van der Waals surface area contributed by atoms with E-state index >= 15 is 0 Å². The van der Waals surface area contributed by atoms with Gasteiger partial charge in [-0.2, -0.15) is 0 Å². The van der Waals surface area contributed by atoms with Gasteiger partial charge in [0.2, 0.25) is 0 Å².